The second-order valence-corrected chi connectivity index (χ2v) is 9.67. The third-order valence-corrected chi connectivity index (χ3v) is 7.18. The quantitative estimate of drug-likeness (QED) is 0.228. The van der Waals surface area contributed by atoms with Crippen molar-refractivity contribution in [3.8, 4) is 34.2 Å². The minimum absolute atomic E-state index is 0.0745. The van der Waals surface area contributed by atoms with Crippen molar-refractivity contribution in [2.75, 3.05) is 0 Å². The van der Waals surface area contributed by atoms with E-state index < -0.39 is 29.4 Å². The summed E-state index contributed by atoms with van der Waals surface area (Å²) in [4.78, 5) is 16.7. The fourth-order valence-corrected chi connectivity index (χ4v) is 5.46. The smallest absolute Gasteiger partial charge is 0.255 e. The molecular formula is C29H16F6N8. The number of alkyl halides is 6. The maximum Gasteiger partial charge on any atom is 0.451 e. The van der Waals surface area contributed by atoms with E-state index in [2.05, 4.69) is 20.2 Å². The fourth-order valence-electron chi connectivity index (χ4n) is 5.46. The zero-order chi connectivity index (χ0) is 30.0. The molecule has 4 heterocycles. The maximum absolute atomic E-state index is 13.3. The van der Waals surface area contributed by atoms with E-state index in [9.17, 15) is 26.3 Å². The topological polar surface area (TPSA) is 109 Å². The molecule has 14 heteroatoms. The van der Waals surface area contributed by atoms with Gasteiger partial charge in [0.15, 0.2) is 11.6 Å². The summed E-state index contributed by atoms with van der Waals surface area (Å²) in [5, 5.41) is 11.3. The van der Waals surface area contributed by atoms with Gasteiger partial charge in [0.1, 0.15) is 16.8 Å². The van der Waals surface area contributed by atoms with E-state index in [4.69, 9.17) is 9.97 Å². The number of fused-ring (bicyclic) bond motifs is 3. The first-order valence-corrected chi connectivity index (χ1v) is 12.7. The van der Waals surface area contributed by atoms with Crippen molar-refractivity contribution in [1.82, 2.24) is 40.3 Å². The Morgan fingerprint density at radius 2 is 0.907 bits per heavy atom. The van der Waals surface area contributed by atoms with Crippen LogP contribution >= 0.6 is 0 Å². The molecule has 7 rings (SSSR count). The van der Waals surface area contributed by atoms with Gasteiger partial charge in [-0.25, -0.2) is 19.9 Å². The summed E-state index contributed by atoms with van der Waals surface area (Å²) in [6.07, 6.45) is -9.46. The molecule has 0 amide bonds. The standard InChI is InChI=1S/C29H16F6N8/c30-28(31,32)25-38-23(40-42-25)19-11-5-13-21(36-19)27(17-9-3-1-7-15(17)16-8-2-4-10-18(16)27)22-14-6-12-20(37-22)24-39-26(43-41-24)29(33,34)35/h1-14H,(H,38,40,42)(H,39,41,43). The van der Waals surface area contributed by atoms with Crippen molar-refractivity contribution in [2.45, 2.75) is 17.8 Å². The molecule has 0 saturated carbocycles. The number of halogens is 6. The lowest BCUT2D eigenvalue weighted by Gasteiger charge is -2.31. The Hall–Kier alpha value is -5.40. The Labute approximate surface area is 237 Å². The molecule has 0 saturated heterocycles. The van der Waals surface area contributed by atoms with E-state index in [1.165, 1.54) is 12.1 Å². The summed E-state index contributed by atoms with van der Waals surface area (Å²) in [5.41, 5.74) is 2.96. The van der Waals surface area contributed by atoms with Crippen LogP contribution in [0.3, 0.4) is 0 Å². The Morgan fingerprint density at radius 3 is 1.30 bits per heavy atom. The summed E-state index contributed by atoms with van der Waals surface area (Å²) in [7, 11) is 0. The van der Waals surface area contributed by atoms with Crippen molar-refractivity contribution < 1.29 is 26.3 Å². The van der Waals surface area contributed by atoms with Crippen LogP contribution in [-0.2, 0) is 17.8 Å². The molecule has 0 unspecified atom stereocenters. The number of H-pyrrole nitrogens is 2. The minimum atomic E-state index is -4.73. The molecule has 8 nitrogen and oxygen atoms in total. The number of aromatic nitrogens is 8. The van der Waals surface area contributed by atoms with Gasteiger partial charge in [0, 0.05) is 0 Å². The first kappa shape index (κ1) is 26.5. The highest BCUT2D eigenvalue weighted by Gasteiger charge is 2.48. The van der Waals surface area contributed by atoms with Gasteiger partial charge in [-0.15, -0.1) is 0 Å². The predicted molar refractivity (Wildman–Crippen MR) is 140 cm³/mol. The summed E-state index contributed by atoms with van der Waals surface area (Å²) >= 11 is 0. The molecule has 0 radical (unpaired) electrons. The normalized spacial score (nSPS) is 14.0. The molecule has 2 aromatic carbocycles. The highest BCUT2D eigenvalue weighted by Crippen LogP contribution is 2.55. The number of benzene rings is 2. The zero-order valence-electron chi connectivity index (χ0n) is 21.5. The van der Waals surface area contributed by atoms with Gasteiger partial charge >= 0.3 is 12.4 Å². The minimum Gasteiger partial charge on any atom is -0.255 e. The second kappa shape index (κ2) is 9.31. The largest absolute Gasteiger partial charge is 0.451 e. The van der Waals surface area contributed by atoms with Gasteiger partial charge in [-0.05, 0) is 46.5 Å². The number of nitrogens with one attached hydrogen (secondary N) is 2. The van der Waals surface area contributed by atoms with Gasteiger partial charge < -0.3 is 0 Å². The fraction of sp³-hybridized carbons (Fsp3) is 0.103. The van der Waals surface area contributed by atoms with Crippen LogP contribution in [0, 0.1) is 0 Å². The Bertz CT molecular complexity index is 1850. The molecule has 0 aliphatic heterocycles. The van der Waals surface area contributed by atoms with Crippen molar-refractivity contribution in [3.05, 3.63) is 119 Å². The molecule has 4 aromatic heterocycles. The molecule has 1 aliphatic rings. The molecule has 0 bridgehead atoms. The lowest BCUT2D eigenvalue weighted by Crippen LogP contribution is -2.31. The van der Waals surface area contributed by atoms with Crippen LogP contribution in [0.1, 0.15) is 34.2 Å². The first-order chi connectivity index (χ1) is 20.6. The van der Waals surface area contributed by atoms with Crippen LogP contribution in [-0.4, -0.2) is 40.3 Å². The van der Waals surface area contributed by atoms with Gasteiger partial charge in [-0.1, -0.05) is 60.7 Å². The summed E-state index contributed by atoms with van der Waals surface area (Å²) in [6.45, 7) is 0. The zero-order valence-corrected chi connectivity index (χ0v) is 21.5. The van der Waals surface area contributed by atoms with E-state index in [0.717, 1.165) is 22.3 Å². The highest BCUT2D eigenvalue weighted by molar-refractivity contribution is 5.85. The predicted octanol–water partition coefficient (Wildman–Crippen LogP) is 6.45. The molecule has 214 valence electrons. The molecule has 6 aromatic rings. The van der Waals surface area contributed by atoms with Crippen LogP contribution in [0.15, 0.2) is 84.9 Å². The van der Waals surface area contributed by atoms with Crippen molar-refractivity contribution in [1.29, 1.82) is 0 Å². The number of aromatic amines is 2. The third kappa shape index (κ3) is 4.16. The number of rotatable bonds is 4. The number of nitrogens with zero attached hydrogens (tertiary/aromatic N) is 6. The van der Waals surface area contributed by atoms with Crippen LogP contribution in [0.4, 0.5) is 26.3 Å². The molecular weight excluding hydrogens is 574 g/mol. The average Bonchev–Trinajstić information content (AvgIpc) is 3.75. The molecule has 0 spiro atoms. The molecule has 43 heavy (non-hydrogen) atoms. The van der Waals surface area contributed by atoms with Gasteiger partial charge in [0.2, 0.25) is 11.6 Å². The Morgan fingerprint density at radius 1 is 0.488 bits per heavy atom. The van der Waals surface area contributed by atoms with Gasteiger partial charge in [-0.3, -0.25) is 10.2 Å². The van der Waals surface area contributed by atoms with Crippen LogP contribution < -0.4 is 0 Å². The monoisotopic (exact) mass is 590 g/mol. The van der Waals surface area contributed by atoms with Crippen LogP contribution in [0.25, 0.3) is 34.2 Å². The number of hydrogen-bond acceptors (Lipinski definition) is 6. The van der Waals surface area contributed by atoms with E-state index in [1.54, 1.807) is 24.3 Å². The highest BCUT2D eigenvalue weighted by atomic mass is 19.4. The summed E-state index contributed by atoms with van der Waals surface area (Å²) in [6, 6.07) is 24.7. The van der Waals surface area contributed by atoms with Gasteiger partial charge in [0.05, 0.1) is 11.4 Å². The van der Waals surface area contributed by atoms with Crippen LogP contribution in [0.2, 0.25) is 0 Å². The Kier molecular flexibility index (Phi) is 5.73. The van der Waals surface area contributed by atoms with Crippen molar-refractivity contribution in [3.63, 3.8) is 0 Å². The summed E-state index contributed by atoms with van der Waals surface area (Å²) in [5.74, 6) is -3.04. The summed E-state index contributed by atoms with van der Waals surface area (Å²) < 4.78 is 79.6. The first-order valence-electron chi connectivity index (χ1n) is 12.7. The van der Waals surface area contributed by atoms with E-state index >= 15 is 0 Å². The molecule has 1 aliphatic carbocycles. The molecule has 0 fully saturated rings. The number of pyridine rings is 2. The van der Waals surface area contributed by atoms with Crippen LogP contribution in [0.5, 0.6) is 0 Å². The van der Waals surface area contributed by atoms with Crippen molar-refractivity contribution in [2.24, 2.45) is 0 Å². The third-order valence-electron chi connectivity index (χ3n) is 7.18. The molecule has 2 N–H and O–H groups in total. The van der Waals surface area contributed by atoms with Gasteiger partial charge in [-0.2, -0.15) is 36.5 Å². The van der Waals surface area contributed by atoms with E-state index in [1.807, 2.05) is 58.7 Å². The average molecular weight is 590 g/mol. The van der Waals surface area contributed by atoms with Gasteiger partial charge in [0.25, 0.3) is 0 Å². The van der Waals surface area contributed by atoms with Crippen molar-refractivity contribution >= 4 is 0 Å². The lowest BCUT2D eigenvalue weighted by molar-refractivity contribution is -0.145. The van der Waals surface area contributed by atoms with E-state index in [0.29, 0.717) is 11.4 Å². The van der Waals surface area contributed by atoms with E-state index in [-0.39, 0.29) is 23.0 Å². The Balaban J connectivity index is 1.48. The second-order valence-electron chi connectivity index (χ2n) is 9.67. The maximum atomic E-state index is 13.3. The SMILES string of the molecule is FC(F)(F)c1nc(-c2cccc(C3(c4cccc(-c5n[nH]c(C(F)(F)F)n5)n4)c4ccccc4-c4ccccc43)n2)n[nH]1. The lowest BCUT2D eigenvalue weighted by atomic mass is 9.72. The molecule has 0 atom stereocenters. The number of hydrogen-bond donors (Lipinski definition) is 2.